The summed E-state index contributed by atoms with van der Waals surface area (Å²) in [6.07, 6.45) is 5.15. The number of carbonyl (C=O) groups excluding carboxylic acids is 2. The first-order valence-corrected chi connectivity index (χ1v) is 12.7. The number of para-hydroxylation sites is 1. The number of ether oxygens (including phenoxy) is 3. The van der Waals surface area contributed by atoms with Gasteiger partial charge in [-0.2, -0.15) is 0 Å². The number of amides is 1. The maximum Gasteiger partial charge on any atom is 0.341 e. The number of hydrogen-bond acceptors (Lipinski definition) is 6. The molecule has 0 saturated heterocycles. The largest absolute Gasteiger partial charge is 0.494 e. The lowest BCUT2D eigenvalue weighted by Gasteiger charge is -2.09. The second kappa shape index (κ2) is 13.3. The van der Waals surface area contributed by atoms with E-state index in [0.29, 0.717) is 29.3 Å². The molecular weight excluding hydrogens is 462 g/mol. The zero-order valence-electron chi connectivity index (χ0n) is 20.3. The first kappa shape index (κ1) is 26.0. The van der Waals surface area contributed by atoms with Crippen molar-refractivity contribution >= 4 is 34.3 Å². The molecule has 3 aromatic rings. The number of carbonyl (C=O) groups is 2. The van der Waals surface area contributed by atoms with Crippen LogP contribution in [0.25, 0.3) is 17.2 Å². The van der Waals surface area contributed by atoms with E-state index >= 15 is 0 Å². The van der Waals surface area contributed by atoms with Crippen molar-refractivity contribution < 1.29 is 23.8 Å². The normalized spacial score (nSPS) is 10.8. The molecule has 0 atom stereocenters. The Morgan fingerprint density at radius 2 is 1.74 bits per heavy atom. The van der Waals surface area contributed by atoms with Crippen molar-refractivity contribution in [2.45, 2.75) is 33.6 Å². The number of hydrogen-bond donors (Lipinski definition) is 1. The van der Waals surface area contributed by atoms with Crippen molar-refractivity contribution in [2.75, 3.05) is 25.1 Å². The van der Waals surface area contributed by atoms with Crippen molar-refractivity contribution in [1.82, 2.24) is 0 Å². The maximum atomic E-state index is 12.8. The Morgan fingerprint density at radius 1 is 0.971 bits per heavy atom. The summed E-state index contributed by atoms with van der Waals surface area (Å²) in [5.74, 6) is 0.651. The van der Waals surface area contributed by atoms with Crippen LogP contribution in [0.4, 0.5) is 5.00 Å². The third-order valence-electron chi connectivity index (χ3n) is 5.07. The summed E-state index contributed by atoms with van der Waals surface area (Å²) in [7, 11) is 0. The van der Waals surface area contributed by atoms with E-state index < -0.39 is 5.97 Å². The van der Waals surface area contributed by atoms with Crippen LogP contribution < -0.4 is 14.8 Å². The second-order valence-corrected chi connectivity index (χ2v) is 8.47. The van der Waals surface area contributed by atoms with Crippen molar-refractivity contribution in [3.05, 3.63) is 71.1 Å². The average Bonchev–Trinajstić information content (AvgIpc) is 3.28. The van der Waals surface area contributed by atoms with Crippen LogP contribution in [-0.4, -0.2) is 31.7 Å². The van der Waals surface area contributed by atoms with Gasteiger partial charge in [0.1, 0.15) is 22.1 Å². The Bertz CT molecular complexity index is 1150. The fraction of sp³-hybridized carbons (Fsp3) is 0.286. The molecule has 0 aliphatic heterocycles. The highest BCUT2D eigenvalue weighted by Crippen LogP contribution is 2.37. The van der Waals surface area contributed by atoms with E-state index in [1.54, 1.807) is 13.0 Å². The molecule has 1 heterocycles. The molecule has 0 saturated carbocycles. The fourth-order valence-corrected chi connectivity index (χ4v) is 4.32. The molecular formula is C28H31NO5S. The maximum absolute atomic E-state index is 12.8. The van der Waals surface area contributed by atoms with Crippen LogP contribution in [0.1, 0.15) is 49.5 Å². The van der Waals surface area contributed by atoms with Gasteiger partial charge in [-0.3, -0.25) is 4.79 Å². The van der Waals surface area contributed by atoms with E-state index in [4.69, 9.17) is 14.2 Å². The third-order valence-corrected chi connectivity index (χ3v) is 5.97. The summed E-state index contributed by atoms with van der Waals surface area (Å²) in [5, 5.41) is 5.12. The standard InChI is InChI=1S/C28H31NO5S/c1-4-7-18-34-24-11-9-8-10-21(24)14-17-25(30)29-27-26(28(31)33-6-3)23(19-35-27)20-12-15-22(16-13-20)32-5-2/h8-17,19H,4-7,18H2,1-3H3,(H,29,30)/b17-14+. The molecule has 1 amide bonds. The highest BCUT2D eigenvalue weighted by Gasteiger charge is 2.22. The molecule has 7 heteroatoms. The molecule has 0 radical (unpaired) electrons. The van der Waals surface area contributed by atoms with Gasteiger partial charge in [-0.15, -0.1) is 11.3 Å². The summed E-state index contributed by atoms with van der Waals surface area (Å²) < 4.78 is 16.6. The minimum atomic E-state index is -0.480. The van der Waals surface area contributed by atoms with Gasteiger partial charge in [-0.1, -0.05) is 43.7 Å². The molecule has 0 aliphatic rings. The number of esters is 1. The monoisotopic (exact) mass is 493 g/mol. The van der Waals surface area contributed by atoms with Gasteiger partial charge in [-0.05, 0) is 50.1 Å². The first-order valence-electron chi connectivity index (χ1n) is 11.8. The zero-order chi connectivity index (χ0) is 25.0. The molecule has 184 valence electrons. The first-order chi connectivity index (χ1) is 17.1. The van der Waals surface area contributed by atoms with Gasteiger partial charge in [0.25, 0.3) is 0 Å². The summed E-state index contributed by atoms with van der Waals surface area (Å²) >= 11 is 1.28. The lowest BCUT2D eigenvalue weighted by Crippen LogP contribution is -2.12. The van der Waals surface area contributed by atoms with E-state index in [1.165, 1.54) is 17.4 Å². The third kappa shape index (κ3) is 7.20. The van der Waals surface area contributed by atoms with Crippen LogP contribution in [-0.2, 0) is 9.53 Å². The molecule has 0 fully saturated rings. The van der Waals surface area contributed by atoms with Crippen molar-refractivity contribution in [3.8, 4) is 22.6 Å². The second-order valence-electron chi connectivity index (χ2n) is 7.59. The van der Waals surface area contributed by atoms with Crippen LogP contribution in [0.2, 0.25) is 0 Å². The summed E-state index contributed by atoms with van der Waals surface area (Å²) in [4.78, 5) is 25.5. The number of rotatable bonds is 12. The van der Waals surface area contributed by atoms with Gasteiger partial charge in [0.15, 0.2) is 0 Å². The topological polar surface area (TPSA) is 73.9 Å². The van der Waals surface area contributed by atoms with E-state index in [1.807, 2.05) is 60.8 Å². The Balaban J connectivity index is 1.81. The Labute approximate surface area is 210 Å². The molecule has 35 heavy (non-hydrogen) atoms. The van der Waals surface area contributed by atoms with Gasteiger partial charge in [0.2, 0.25) is 5.91 Å². The molecule has 0 spiro atoms. The van der Waals surface area contributed by atoms with Crippen molar-refractivity contribution in [2.24, 2.45) is 0 Å². The summed E-state index contributed by atoms with van der Waals surface area (Å²) in [6, 6.07) is 15.1. The molecule has 0 unspecified atom stereocenters. The Morgan fingerprint density at radius 3 is 2.46 bits per heavy atom. The van der Waals surface area contributed by atoms with Crippen molar-refractivity contribution in [3.63, 3.8) is 0 Å². The van der Waals surface area contributed by atoms with E-state index in [2.05, 4.69) is 12.2 Å². The Hall–Kier alpha value is -3.58. The Kier molecular flexibility index (Phi) is 9.93. The lowest BCUT2D eigenvalue weighted by molar-refractivity contribution is -0.111. The summed E-state index contributed by atoms with van der Waals surface area (Å²) in [6.45, 7) is 7.22. The number of thiophene rings is 1. The predicted molar refractivity (Wildman–Crippen MR) is 141 cm³/mol. The molecule has 0 aliphatic carbocycles. The lowest BCUT2D eigenvalue weighted by atomic mass is 10.0. The van der Waals surface area contributed by atoms with Gasteiger partial charge in [0, 0.05) is 22.6 Å². The van der Waals surface area contributed by atoms with Crippen LogP contribution >= 0.6 is 11.3 Å². The molecule has 1 N–H and O–H groups in total. The number of benzene rings is 2. The molecule has 6 nitrogen and oxygen atoms in total. The van der Waals surface area contributed by atoms with E-state index in [9.17, 15) is 9.59 Å². The molecule has 2 aromatic carbocycles. The van der Waals surface area contributed by atoms with Crippen LogP contribution in [0.3, 0.4) is 0 Å². The SMILES string of the molecule is CCCCOc1ccccc1/C=C/C(=O)Nc1scc(-c2ccc(OCC)cc2)c1C(=O)OCC. The number of anilines is 1. The fourth-order valence-electron chi connectivity index (χ4n) is 3.36. The number of unbranched alkanes of at least 4 members (excludes halogenated alkanes) is 1. The van der Waals surface area contributed by atoms with Crippen LogP contribution in [0, 0.1) is 0 Å². The van der Waals surface area contributed by atoms with E-state index in [-0.39, 0.29) is 12.5 Å². The predicted octanol–water partition coefficient (Wildman–Crippen LogP) is 6.82. The smallest absolute Gasteiger partial charge is 0.341 e. The van der Waals surface area contributed by atoms with Crippen LogP contribution in [0.5, 0.6) is 11.5 Å². The minimum Gasteiger partial charge on any atom is -0.494 e. The van der Waals surface area contributed by atoms with Crippen LogP contribution in [0.15, 0.2) is 60.0 Å². The highest BCUT2D eigenvalue weighted by molar-refractivity contribution is 7.15. The minimum absolute atomic E-state index is 0.236. The zero-order valence-corrected chi connectivity index (χ0v) is 21.2. The van der Waals surface area contributed by atoms with Gasteiger partial charge < -0.3 is 19.5 Å². The molecule has 0 bridgehead atoms. The van der Waals surface area contributed by atoms with Crippen molar-refractivity contribution in [1.29, 1.82) is 0 Å². The summed E-state index contributed by atoms with van der Waals surface area (Å²) in [5.41, 5.74) is 2.68. The van der Waals surface area contributed by atoms with Gasteiger partial charge in [-0.25, -0.2) is 4.79 Å². The van der Waals surface area contributed by atoms with E-state index in [0.717, 1.165) is 35.5 Å². The quantitative estimate of drug-likeness (QED) is 0.170. The highest BCUT2D eigenvalue weighted by atomic mass is 32.1. The van der Waals surface area contributed by atoms with Gasteiger partial charge >= 0.3 is 5.97 Å². The molecule has 1 aromatic heterocycles. The molecule has 3 rings (SSSR count). The number of nitrogens with one attached hydrogen (secondary N) is 1. The van der Waals surface area contributed by atoms with Gasteiger partial charge in [0.05, 0.1) is 19.8 Å². The average molecular weight is 494 g/mol.